The van der Waals surface area contributed by atoms with Gasteiger partial charge in [0.25, 0.3) is 0 Å². The number of ether oxygens (including phenoxy) is 1. The van der Waals surface area contributed by atoms with Gasteiger partial charge >= 0.3 is 0 Å². The fourth-order valence-corrected chi connectivity index (χ4v) is 2.09. The number of methoxy groups -OCH3 is 1. The first-order chi connectivity index (χ1) is 9.02. The number of nitrogens with one attached hydrogen (secondary N) is 1. The van der Waals surface area contributed by atoms with E-state index in [1.807, 2.05) is 19.9 Å². The summed E-state index contributed by atoms with van der Waals surface area (Å²) >= 11 is 5.99. The van der Waals surface area contributed by atoms with E-state index in [2.05, 4.69) is 17.4 Å². The number of hydrogen-bond donors (Lipinski definition) is 1. The van der Waals surface area contributed by atoms with Crippen LogP contribution in [0.1, 0.15) is 23.1 Å². The number of carbonyl (C=O) groups excluding carboxylic acids is 1. The van der Waals surface area contributed by atoms with Gasteiger partial charge in [-0.3, -0.25) is 4.79 Å². The van der Waals surface area contributed by atoms with Crippen molar-refractivity contribution in [1.29, 1.82) is 0 Å². The fourth-order valence-electron chi connectivity index (χ4n) is 1.86. The molecule has 0 aliphatic heterocycles. The Morgan fingerprint density at radius 2 is 2.16 bits per heavy atom. The quantitative estimate of drug-likeness (QED) is 0.781. The third-order valence-electron chi connectivity index (χ3n) is 2.98. The number of alkyl halides is 1. The topological polar surface area (TPSA) is 38.3 Å². The molecule has 1 amide bonds. The second kappa shape index (κ2) is 8.18. The van der Waals surface area contributed by atoms with Crippen molar-refractivity contribution in [3.8, 4) is 0 Å². The molecule has 106 valence electrons. The molecule has 0 aliphatic rings. The van der Waals surface area contributed by atoms with Gasteiger partial charge in [0.1, 0.15) is 0 Å². The minimum Gasteiger partial charge on any atom is -0.383 e. The third-order valence-corrected chi connectivity index (χ3v) is 3.33. The summed E-state index contributed by atoms with van der Waals surface area (Å²) in [4.78, 5) is 11.8. The maximum absolute atomic E-state index is 11.8. The second-order valence-corrected chi connectivity index (χ2v) is 5.42. The molecule has 0 heterocycles. The molecule has 1 N–H and O–H groups in total. The van der Waals surface area contributed by atoms with Gasteiger partial charge in [-0.2, -0.15) is 0 Å². The monoisotopic (exact) mass is 283 g/mol. The first-order valence-corrected chi connectivity index (χ1v) is 6.92. The second-order valence-electron chi connectivity index (χ2n) is 4.80. The molecule has 1 unspecified atom stereocenters. The van der Waals surface area contributed by atoms with E-state index >= 15 is 0 Å². The molecular formula is C15H22ClNO2. The molecule has 1 aromatic rings. The third kappa shape index (κ3) is 6.08. The minimum absolute atomic E-state index is 0.0370. The van der Waals surface area contributed by atoms with Gasteiger partial charge in [0.2, 0.25) is 5.91 Å². The Morgan fingerprint density at radius 1 is 1.42 bits per heavy atom. The van der Waals surface area contributed by atoms with Gasteiger partial charge in [-0.05, 0) is 31.4 Å². The van der Waals surface area contributed by atoms with E-state index in [1.165, 1.54) is 5.56 Å². The minimum atomic E-state index is -0.0500. The lowest BCUT2D eigenvalue weighted by Gasteiger charge is -2.10. The number of rotatable bonds is 7. The van der Waals surface area contributed by atoms with Crippen LogP contribution in [-0.4, -0.2) is 31.5 Å². The summed E-state index contributed by atoms with van der Waals surface area (Å²) < 4.78 is 4.94. The van der Waals surface area contributed by atoms with Gasteiger partial charge in [0.05, 0.1) is 18.4 Å². The smallest absolute Gasteiger partial charge is 0.224 e. The van der Waals surface area contributed by atoms with E-state index in [4.69, 9.17) is 16.3 Å². The van der Waals surface area contributed by atoms with Crippen LogP contribution in [0, 0.1) is 13.8 Å². The van der Waals surface area contributed by atoms with Crippen molar-refractivity contribution in [2.75, 3.05) is 20.3 Å². The zero-order valence-electron chi connectivity index (χ0n) is 11.8. The van der Waals surface area contributed by atoms with Gasteiger partial charge in [0.15, 0.2) is 0 Å². The molecule has 4 heteroatoms. The Hall–Kier alpha value is -1.06. The van der Waals surface area contributed by atoms with Crippen LogP contribution in [0.2, 0.25) is 0 Å². The highest BCUT2D eigenvalue weighted by molar-refractivity contribution is 6.20. The van der Waals surface area contributed by atoms with E-state index in [-0.39, 0.29) is 11.3 Å². The summed E-state index contributed by atoms with van der Waals surface area (Å²) in [5.74, 6) is 0.0370. The number of hydrogen-bond acceptors (Lipinski definition) is 2. The average Bonchev–Trinajstić information content (AvgIpc) is 2.34. The lowest BCUT2D eigenvalue weighted by molar-refractivity contribution is -0.120. The van der Waals surface area contributed by atoms with Crippen LogP contribution in [0.15, 0.2) is 18.2 Å². The van der Waals surface area contributed by atoms with E-state index in [0.717, 1.165) is 11.1 Å². The van der Waals surface area contributed by atoms with Crippen molar-refractivity contribution < 1.29 is 9.53 Å². The van der Waals surface area contributed by atoms with E-state index in [1.54, 1.807) is 7.11 Å². The van der Waals surface area contributed by atoms with Crippen molar-refractivity contribution in [1.82, 2.24) is 5.32 Å². The van der Waals surface area contributed by atoms with Crippen LogP contribution < -0.4 is 5.32 Å². The SMILES string of the molecule is COCC(Cl)CCNC(=O)Cc1cc(C)ccc1C. The largest absolute Gasteiger partial charge is 0.383 e. The molecule has 1 atom stereocenters. The van der Waals surface area contributed by atoms with Crippen LogP contribution in [0.5, 0.6) is 0 Å². The number of carbonyl (C=O) groups is 1. The van der Waals surface area contributed by atoms with Crippen LogP contribution >= 0.6 is 11.6 Å². The Morgan fingerprint density at radius 3 is 2.84 bits per heavy atom. The molecule has 3 nitrogen and oxygen atoms in total. The molecule has 0 saturated carbocycles. The number of amides is 1. The summed E-state index contributed by atoms with van der Waals surface area (Å²) in [7, 11) is 1.62. The van der Waals surface area contributed by atoms with Gasteiger partial charge in [-0.15, -0.1) is 11.6 Å². The fraction of sp³-hybridized carbons (Fsp3) is 0.533. The first-order valence-electron chi connectivity index (χ1n) is 6.48. The highest BCUT2D eigenvalue weighted by Crippen LogP contribution is 2.11. The Labute approximate surface area is 120 Å². The zero-order valence-corrected chi connectivity index (χ0v) is 12.6. The van der Waals surface area contributed by atoms with E-state index in [9.17, 15) is 4.79 Å². The molecule has 0 saturated heterocycles. The van der Waals surface area contributed by atoms with Gasteiger partial charge in [0, 0.05) is 13.7 Å². The highest BCUT2D eigenvalue weighted by atomic mass is 35.5. The number of benzene rings is 1. The molecule has 19 heavy (non-hydrogen) atoms. The molecule has 0 fully saturated rings. The van der Waals surface area contributed by atoms with Crippen molar-refractivity contribution in [2.24, 2.45) is 0 Å². The number of aryl methyl sites for hydroxylation is 2. The molecule has 1 rings (SSSR count). The zero-order chi connectivity index (χ0) is 14.3. The van der Waals surface area contributed by atoms with Crippen molar-refractivity contribution >= 4 is 17.5 Å². The van der Waals surface area contributed by atoms with Crippen LogP contribution in [0.4, 0.5) is 0 Å². The summed E-state index contributed by atoms with van der Waals surface area (Å²) in [6.07, 6.45) is 1.14. The predicted octanol–water partition coefficient (Wildman–Crippen LogP) is 2.61. The normalized spacial score (nSPS) is 12.2. The lowest BCUT2D eigenvalue weighted by Crippen LogP contribution is -2.28. The molecular weight excluding hydrogens is 262 g/mol. The average molecular weight is 284 g/mol. The standard InChI is InChI=1S/C15H22ClNO2/c1-11-4-5-12(2)13(8-11)9-15(18)17-7-6-14(16)10-19-3/h4-5,8,14H,6-7,9-10H2,1-3H3,(H,17,18). The van der Waals surface area contributed by atoms with Gasteiger partial charge < -0.3 is 10.1 Å². The number of halogens is 1. The summed E-state index contributed by atoms with van der Waals surface area (Å²) in [6.45, 7) is 5.15. The highest BCUT2D eigenvalue weighted by Gasteiger charge is 2.08. The summed E-state index contributed by atoms with van der Waals surface area (Å²) in [5.41, 5.74) is 3.40. The van der Waals surface area contributed by atoms with Crippen LogP contribution in [0.25, 0.3) is 0 Å². The maximum atomic E-state index is 11.8. The van der Waals surface area contributed by atoms with Crippen LogP contribution in [-0.2, 0) is 16.0 Å². The molecule has 0 spiro atoms. The van der Waals surface area contributed by atoms with Crippen molar-refractivity contribution in [3.63, 3.8) is 0 Å². The Bertz CT molecular complexity index is 421. The molecule has 1 aromatic carbocycles. The van der Waals surface area contributed by atoms with Gasteiger partial charge in [-0.25, -0.2) is 0 Å². The van der Waals surface area contributed by atoms with Crippen LogP contribution in [0.3, 0.4) is 0 Å². The van der Waals surface area contributed by atoms with Crippen molar-refractivity contribution in [3.05, 3.63) is 34.9 Å². The first kappa shape index (κ1) is 16.0. The molecule has 0 aromatic heterocycles. The Kier molecular flexibility index (Phi) is 6.89. The molecule has 0 aliphatic carbocycles. The van der Waals surface area contributed by atoms with E-state index in [0.29, 0.717) is 26.0 Å². The predicted molar refractivity (Wildman–Crippen MR) is 78.8 cm³/mol. The van der Waals surface area contributed by atoms with E-state index < -0.39 is 0 Å². The maximum Gasteiger partial charge on any atom is 0.224 e. The lowest BCUT2D eigenvalue weighted by atomic mass is 10.0. The summed E-state index contributed by atoms with van der Waals surface area (Å²) in [5, 5.41) is 2.84. The summed E-state index contributed by atoms with van der Waals surface area (Å²) in [6, 6.07) is 6.16. The molecule has 0 bridgehead atoms. The Balaban J connectivity index is 2.37. The van der Waals surface area contributed by atoms with Gasteiger partial charge in [-0.1, -0.05) is 23.8 Å². The van der Waals surface area contributed by atoms with Crippen molar-refractivity contribution in [2.45, 2.75) is 32.1 Å². The molecule has 0 radical (unpaired) electrons.